The van der Waals surface area contributed by atoms with Gasteiger partial charge in [0.05, 0.1) is 14.2 Å². The summed E-state index contributed by atoms with van der Waals surface area (Å²) in [4.78, 5) is 45.7. The molecule has 0 unspecified atom stereocenters. The van der Waals surface area contributed by atoms with E-state index in [-0.39, 0.29) is 11.4 Å². The van der Waals surface area contributed by atoms with Gasteiger partial charge in [-0.3, -0.25) is 9.59 Å². The van der Waals surface area contributed by atoms with E-state index in [1.807, 2.05) is 0 Å². The van der Waals surface area contributed by atoms with Crippen LogP contribution in [0.5, 0.6) is 0 Å². The first-order valence-electron chi connectivity index (χ1n) is 7.52. The van der Waals surface area contributed by atoms with Crippen molar-refractivity contribution in [3.05, 3.63) is 46.8 Å². The Morgan fingerprint density at radius 2 is 1.04 bits per heavy atom. The molecule has 0 fully saturated rings. The first kappa shape index (κ1) is 20.6. The Morgan fingerprint density at radius 3 is 1.27 bits per heavy atom. The third kappa shape index (κ3) is 6.60. The van der Waals surface area contributed by atoms with Gasteiger partial charge in [-0.2, -0.15) is 0 Å². The molecule has 0 radical (unpaired) electrons. The number of carbonyl (C=O) groups is 4. The molecule has 0 spiro atoms. The van der Waals surface area contributed by atoms with Crippen LogP contribution in [0.25, 0.3) is 12.2 Å². The van der Waals surface area contributed by atoms with Crippen LogP contribution in [0.1, 0.15) is 25.0 Å². The summed E-state index contributed by atoms with van der Waals surface area (Å²) >= 11 is 0. The van der Waals surface area contributed by atoms with E-state index in [4.69, 9.17) is 0 Å². The summed E-state index contributed by atoms with van der Waals surface area (Å²) in [5.74, 6) is -2.16. The van der Waals surface area contributed by atoms with Crippen LogP contribution in [-0.2, 0) is 28.7 Å². The normalized spacial score (nSPS) is 11.4. The lowest BCUT2D eigenvalue weighted by atomic mass is 10.1. The van der Waals surface area contributed by atoms with E-state index in [2.05, 4.69) is 20.1 Å². The van der Waals surface area contributed by atoms with E-state index in [1.54, 1.807) is 24.3 Å². The number of amides is 2. The minimum atomic E-state index is -0.678. The van der Waals surface area contributed by atoms with Crippen molar-refractivity contribution in [2.45, 2.75) is 13.8 Å². The quantitative estimate of drug-likeness (QED) is 0.578. The molecular weight excluding hydrogens is 340 g/mol. The molecule has 26 heavy (non-hydrogen) atoms. The fourth-order valence-corrected chi connectivity index (χ4v) is 1.91. The van der Waals surface area contributed by atoms with E-state index in [0.29, 0.717) is 11.1 Å². The number of carbonyl (C=O) groups excluding carboxylic acids is 4. The SMILES string of the molecule is COC(=O)/C(=C/c1ccc(/C=C(\NC(C)=O)C(=O)OC)cc1)NC(C)=O. The van der Waals surface area contributed by atoms with Gasteiger partial charge in [0.1, 0.15) is 11.4 Å². The number of hydrogen-bond donors (Lipinski definition) is 2. The molecule has 1 aromatic carbocycles. The van der Waals surface area contributed by atoms with Crippen LogP contribution in [0.4, 0.5) is 0 Å². The molecule has 0 saturated heterocycles. The van der Waals surface area contributed by atoms with Crippen LogP contribution in [0.3, 0.4) is 0 Å². The number of esters is 2. The highest BCUT2D eigenvalue weighted by atomic mass is 16.5. The summed E-state index contributed by atoms with van der Waals surface area (Å²) in [5, 5.41) is 4.79. The van der Waals surface area contributed by atoms with Gasteiger partial charge in [-0.15, -0.1) is 0 Å². The maximum Gasteiger partial charge on any atom is 0.354 e. The Hall–Kier alpha value is -3.42. The van der Waals surface area contributed by atoms with Gasteiger partial charge in [0.15, 0.2) is 0 Å². The van der Waals surface area contributed by atoms with Crippen molar-refractivity contribution in [3.8, 4) is 0 Å². The second-order valence-electron chi connectivity index (χ2n) is 5.13. The molecule has 138 valence electrons. The van der Waals surface area contributed by atoms with Gasteiger partial charge in [-0.1, -0.05) is 24.3 Å². The van der Waals surface area contributed by atoms with Crippen molar-refractivity contribution < 1.29 is 28.7 Å². The molecule has 2 N–H and O–H groups in total. The first-order chi connectivity index (χ1) is 12.3. The molecule has 8 heteroatoms. The molecule has 0 aromatic heterocycles. The largest absolute Gasteiger partial charge is 0.464 e. The highest BCUT2D eigenvalue weighted by Crippen LogP contribution is 2.12. The molecule has 0 aliphatic carbocycles. The van der Waals surface area contributed by atoms with Gasteiger partial charge in [0, 0.05) is 13.8 Å². The molecule has 0 heterocycles. The zero-order valence-corrected chi connectivity index (χ0v) is 14.9. The Morgan fingerprint density at radius 1 is 0.731 bits per heavy atom. The minimum absolute atomic E-state index is 0.00297. The number of benzene rings is 1. The predicted octanol–water partition coefficient (Wildman–Crippen LogP) is 0.987. The third-order valence-electron chi connectivity index (χ3n) is 2.99. The number of rotatable bonds is 6. The Kier molecular flexibility index (Phi) is 7.75. The van der Waals surface area contributed by atoms with Gasteiger partial charge in [-0.05, 0) is 23.3 Å². The maximum atomic E-state index is 11.7. The standard InChI is InChI=1S/C18H20N2O6/c1-11(21)19-15(17(23)25-3)9-13-5-7-14(8-6-13)10-16(18(24)26-4)20-12(2)22/h5-10H,1-4H3,(H,19,21)(H,20,22)/b15-9-,16-10-. The summed E-state index contributed by atoms with van der Waals surface area (Å²) in [6.07, 6.45) is 2.91. The van der Waals surface area contributed by atoms with E-state index in [9.17, 15) is 19.2 Å². The fraction of sp³-hybridized carbons (Fsp3) is 0.222. The molecular formula is C18H20N2O6. The molecule has 2 amide bonds. The Balaban J connectivity index is 3.12. The minimum Gasteiger partial charge on any atom is -0.464 e. The molecule has 0 aliphatic heterocycles. The van der Waals surface area contributed by atoms with Crippen molar-refractivity contribution >= 4 is 35.9 Å². The summed E-state index contributed by atoms with van der Waals surface area (Å²) < 4.78 is 9.23. The second kappa shape index (κ2) is 9.77. The Bertz CT molecular complexity index is 697. The average Bonchev–Trinajstić information content (AvgIpc) is 2.59. The molecule has 1 rings (SSSR count). The topological polar surface area (TPSA) is 111 Å². The van der Waals surface area contributed by atoms with Gasteiger partial charge in [0.2, 0.25) is 11.8 Å². The van der Waals surface area contributed by atoms with Crippen LogP contribution < -0.4 is 10.6 Å². The molecule has 0 aliphatic rings. The van der Waals surface area contributed by atoms with Crippen molar-refractivity contribution in [1.82, 2.24) is 10.6 Å². The van der Waals surface area contributed by atoms with E-state index in [1.165, 1.54) is 40.2 Å². The van der Waals surface area contributed by atoms with Crippen molar-refractivity contribution in [3.63, 3.8) is 0 Å². The fourth-order valence-electron chi connectivity index (χ4n) is 1.91. The lowest BCUT2D eigenvalue weighted by molar-refractivity contribution is -0.138. The van der Waals surface area contributed by atoms with Crippen LogP contribution in [0.2, 0.25) is 0 Å². The first-order valence-corrected chi connectivity index (χ1v) is 7.52. The van der Waals surface area contributed by atoms with Gasteiger partial charge >= 0.3 is 11.9 Å². The van der Waals surface area contributed by atoms with E-state index >= 15 is 0 Å². The lowest BCUT2D eigenvalue weighted by Gasteiger charge is -2.07. The molecule has 0 atom stereocenters. The second-order valence-corrected chi connectivity index (χ2v) is 5.13. The van der Waals surface area contributed by atoms with Crippen LogP contribution >= 0.6 is 0 Å². The number of nitrogens with one attached hydrogen (secondary N) is 2. The predicted molar refractivity (Wildman–Crippen MR) is 94.1 cm³/mol. The molecule has 1 aromatic rings. The van der Waals surface area contributed by atoms with Gasteiger partial charge in [0.25, 0.3) is 0 Å². The van der Waals surface area contributed by atoms with Crippen molar-refractivity contribution in [1.29, 1.82) is 0 Å². The van der Waals surface area contributed by atoms with Crippen molar-refractivity contribution in [2.75, 3.05) is 14.2 Å². The third-order valence-corrected chi connectivity index (χ3v) is 2.99. The summed E-state index contributed by atoms with van der Waals surface area (Å²) in [6, 6.07) is 6.66. The van der Waals surface area contributed by atoms with Crippen LogP contribution in [-0.4, -0.2) is 38.0 Å². The van der Waals surface area contributed by atoms with Gasteiger partial charge < -0.3 is 20.1 Å². The van der Waals surface area contributed by atoms with E-state index in [0.717, 1.165) is 0 Å². The highest BCUT2D eigenvalue weighted by Gasteiger charge is 2.12. The molecule has 0 saturated carbocycles. The summed E-state index contributed by atoms with van der Waals surface area (Å²) in [6.45, 7) is 2.56. The summed E-state index contributed by atoms with van der Waals surface area (Å²) in [5.41, 5.74) is 1.24. The summed E-state index contributed by atoms with van der Waals surface area (Å²) in [7, 11) is 2.42. The number of ether oxygens (including phenoxy) is 2. The lowest BCUT2D eigenvalue weighted by Crippen LogP contribution is -2.25. The average molecular weight is 360 g/mol. The highest BCUT2D eigenvalue weighted by molar-refractivity contribution is 5.98. The zero-order valence-electron chi connectivity index (χ0n) is 14.9. The molecule has 8 nitrogen and oxygen atoms in total. The van der Waals surface area contributed by atoms with Crippen LogP contribution in [0.15, 0.2) is 35.7 Å². The number of hydrogen-bond acceptors (Lipinski definition) is 6. The van der Waals surface area contributed by atoms with E-state index < -0.39 is 23.8 Å². The van der Waals surface area contributed by atoms with Gasteiger partial charge in [-0.25, -0.2) is 9.59 Å². The molecule has 0 bridgehead atoms. The smallest absolute Gasteiger partial charge is 0.354 e. The monoisotopic (exact) mass is 360 g/mol. The zero-order chi connectivity index (χ0) is 19.7. The number of methoxy groups -OCH3 is 2. The maximum absolute atomic E-state index is 11.7. The van der Waals surface area contributed by atoms with Crippen molar-refractivity contribution in [2.24, 2.45) is 0 Å². The van der Waals surface area contributed by atoms with Crippen LogP contribution in [0, 0.1) is 0 Å². The Labute approximate surface area is 150 Å².